The Hall–Kier alpha value is -1.84. The molecule has 0 radical (unpaired) electrons. The first-order valence-corrected chi connectivity index (χ1v) is 7.40. The van der Waals surface area contributed by atoms with E-state index in [0.29, 0.717) is 19.5 Å². The largest absolute Gasteiger partial charge is 0.444 e. The Morgan fingerprint density at radius 3 is 2.52 bits per heavy atom. The van der Waals surface area contributed by atoms with Crippen LogP contribution in [-0.2, 0) is 16.0 Å². The molecule has 0 aromatic heterocycles. The molecule has 114 valence electrons. The minimum atomic E-state index is -0.497. The van der Waals surface area contributed by atoms with Crippen LogP contribution in [0.15, 0.2) is 30.3 Å². The van der Waals surface area contributed by atoms with Crippen LogP contribution in [0, 0.1) is 5.92 Å². The lowest BCUT2D eigenvalue weighted by atomic mass is 9.97. The van der Waals surface area contributed by atoms with Gasteiger partial charge in [-0.3, -0.25) is 4.79 Å². The molecule has 1 unspecified atom stereocenters. The Balaban J connectivity index is 1.87. The lowest BCUT2D eigenvalue weighted by Gasteiger charge is -2.24. The van der Waals surface area contributed by atoms with E-state index in [1.54, 1.807) is 4.90 Å². The molecule has 1 aliphatic heterocycles. The summed E-state index contributed by atoms with van der Waals surface area (Å²) in [7, 11) is 0. The molecule has 21 heavy (non-hydrogen) atoms. The number of likely N-dealkylation sites (tertiary alicyclic amines) is 1. The first-order valence-electron chi connectivity index (χ1n) is 7.40. The quantitative estimate of drug-likeness (QED) is 0.859. The molecule has 0 N–H and O–H groups in total. The van der Waals surface area contributed by atoms with Crippen molar-refractivity contribution in [1.82, 2.24) is 4.90 Å². The number of hydrogen-bond acceptors (Lipinski definition) is 3. The average Bonchev–Trinajstić information content (AvgIpc) is 2.87. The number of benzene rings is 1. The number of carbonyl (C=O) groups is 2. The minimum absolute atomic E-state index is 0.0716. The maximum atomic E-state index is 12.3. The van der Waals surface area contributed by atoms with Crippen molar-refractivity contribution in [2.45, 2.75) is 39.2 Å². The lowest BCUT2D eigenvalue weighted by Crippen LogP contribution is -2.36. The zero-order chi connectivity index (χ0) is 15.5. The maximum absolute atomic E-state index is 12.3. The van der Waals surface area contributed by atoms with Crippen molar-refractivity contribution in [3.63, 3.8) is 0 Å². The van der Waals surface area contributed by atoms with Gasteiger partial charge in [0.05, 0.1) is 0 Å². The molecule has 4 heteroatoms. The van der Waals surface area contributed by atoms with Crippen LogP contribution in [0.4, 0.5) is 4.79 Å². The zero-order valence-electron chi connectivity index (χ0n) is 13.0. The molecular formula is C17H23NO3. The summed E-state index contributed by atoms with van der Waals surface area (Å²) in [6.07, 6.45) is 0.844. The van der Waals surface area contributed by atoms with Crippen molar-refractivity contribution < 1.29 is 14.3 Å². The highest BCUT2D eigenvalue weighted by atomic mass is 16.6. The van der Waals surface area contributed by atoms with E-state index >= 15 is 0 Å². The standard InChI is InChI=1S/C17H23NO3/c1-17(2,3)21-16(20)18-10-9-14(12-18)15(19)11-13-7-5-4-6-8-13/h4-8,14H,9-12H2,1-3H3. The van der Waals surface area contributed by atoms with Crippen LogP contribution in [0.2, 0.25) is 0 Å². The van der Waals surface area contributed by atoms with E-state index in [2.05, 4.69) is 0 Å². The highest BCUT2D eigenvalue weighted by molar-refractivity contribution is 5.84. The lowest BCUT2D eigenvalue weighted by molar-refractivity contribution is -0.121. The molecule has 1 amide bonds. The van der Waals surface area contributed by atoms with Crippen LogP contribution in [0.5, 0.6) is 0 Å². The van der Waals surface area contributed by atoms with E-state index in [-0.39, 0.29) is 17.8 Å². The maximum Gasteiger partial charge on any atom is 0.410 e. The molecule has 1 aliphatic rings. The summed E-state index contributed by atoms with van der Waals surface area (Å²) in [5.41, 5.74) is 0.529. The normalized spacial score (nSPS) is 18.6. The topological polar surface area (TPSA) is 46.6 Å². The molecule has 1 heterocycles. The van der Waals surface area contributed by atoms with Gasteiger partial charge in [0, 0.05) is 25.4 Å². The van der Waals surface area contributed by atoms with Gasteiger partial charge < -0.3 is 9.64 Å². The van der Waals surface area contributed by atoms with Gasteiger partial charge >= 0.3 is 6.09 Å². The van der Waals surface area contributed by atoms with E-state index in [0.717, 1.165) is 12.0 Å². The first kappa shape index (κ1) is 15.5. The van der Waals surface area contributed by atoms with E-state index < -0.39 is 5.60 Å². The summed E-state index contributed by atoms with van der Waals surface area (Å²) >= 11 is 0. The number of hydrogen-bond donors (Lipinski definition) is 0. The minimum Gasteiger partial charge on any atom is -0.444 e. The summed E-state index contributed by atoms with van der Waals surface area (Å²) in [5.74, 6) is 0.130. The van der Waals surface area contributed by atoms with Gasteiger partial charge in [0.25, 0.3) is 0 Å². The monoisotopic (exact) mass is 289 g/mol. The van der Waals surface area contributed by atoms with E-state index in [1.165, 1.54) is 0 Å². The zero-order valence-corrected chi connectivity index (χ0v) is 13.0. The Morgan fingerprint density at radius 2 is 1.90 bits per heavy atom. The van der Waals surface area contributed by atoms with Gasteiger partial charge in [0.15, 0.2) is 0 Å². The number of nitrogens with zero attached hydrogens (tertiary/aromatic N) is 1. The van der Waals surface area contributed by atoms with Gasteiger partial charge in [0.1, 0.15) is 11.4 Å². The van der Waals surface area contributed by atoms with Crippen molar-refractivity contribution >= 4 is 11.9 Å². The van der Waals surface area contributed by atoms with Crippen molar-refractivity contribution in [3.05, 3.63) is 35.9 Å². The van der Waals surface area contributed by atoms with Gasteiger partial charge in [-0.15, -0.1) is 0 Å². The third-order valence-corrected chi connectivity index (χ3v) is 3.52. The number of ketones is 1. The molecule has 4 nitrogen and oxygen atoms in total. The summed E-state index contributed by atoms with van der Waals surface area (Å²) in [6.45, 7) is 6.61. The molecule has 0 aliphatic carbocycles. The first-order chi connectivity index (χ1) is 9.85. The van der Waals surface area contributed by atoms with Gasteiger partial charge in [-0.25, -0.2) is 4.79 Å². The molecule has 1 fully saturated rings. The van der Waals surface area contributed by atoms with Gasteiger partial charge in [-0.05, 0) is 32.8 Å². The third-order valence-electron chi connectivity index (χ3n) is 3.52. The summed E-state index contributed by atoms with van der Waals surface area (Å²) in [4.78, 5) is 25.9. The fraction of sp³-hybridized carbons (Fsp3) is 0.529. The van der Waals surface area contributed by atoms with Crippen molar-refractivity contribution in [2.24, 2.45) is 5.92 Å². The van der Waals surface area contributed by atoms with Gasteiger partial charge in [-0.1, -0.05) is 30.3 Å². The Kier molecular flexibility index (Phi) is 4.66. The van der Waals surface area contributed by atoms with Crippen molar-refractivity contribution in [2.75, 3.05) is 13.1 Å². The van der Waals surface area contributed by atoms with Crippen molar-refractivity contribution in [1.29, 1.82) is 0 Å². The Morgan fingerprint density at radius 1 is 1.24 bits per heavy atom. The molecule has 1 aromatic carbocycles. The Bertz CT molecular complexity index is 505. The number of rotatable bonds is 3. The molecular weight excluding hydrogens is 266 g/mol. The summed E-state index contributed by atoms with van der Waals surface area (Å²) in [6, 6.07) is 9.72. The average molecular weight is 289 g/mol. The molecule has 1 atom stereocenters. The van der Waals surface area contributed by atoms with Crippen LogP contribution in [0.25, 0.3) is 0 Å². The fourth-order valence-corrected chi connectivity index (χ4v) is 2.46. The number of Topliss-reactive ketones (excluding diaryl/α,β-unsaturated/α-hetero) is 1. The van der Waals surface area contributed by atoms with E-state index in [1.807, 2.05) is 51.1 Å². The van der Waals surface area contributed by atoms with Crippen LogP contribution in [0.1, 0.15) is 32.8 Å². The highest BCUT2D eigenvalue weighted by Crippen LogP contribution is 2.21. The number of ether oxygens (including phenoxy) is 1. The predicted molar refractivity (Wildman–Crippen MR) is 81.1 cm³/mol. The summed E-state index contributed by atoms with van der Waals surface area (Å²) < 4.78 is 5.34. The predicted octanol–water partition coefficient (Wildman–Crippen LogP) is 3.06. The molecule has 0 saturated carbocycles. The summed E-state index contributed by atoms with van der Waals surface area (Å²) in [5, 5.41) is 0. The second-order valence-electron chi connectivity index (χ2n) is 6.54. The number of carbonyl (C=O) groups excluding carboxylic acids is 2. The molecule has 0 spiro atoms. The van der Waals surface area contributed by atoms with Crippen LogP contribution < -0.4 is 0 Å². The molecule has 2 rings (SSSR count). The van der Waals surface area contributed by atoms with Crippen LogP contribution in [0.3, 0.4) is 0 Å². The molecule has 1 saturated heterocycles. The molecule has 0 bridgehead atoms. The van der Waals surface area contributed by atoms with Gasteiger partial charge in [0.2, 0.25) is 0 Å². The second-order valence-corrected chi connectivity index (χ2v) is 6.54. The SMILES string of the molecule is CC(C)(C)OC(=O)N1CCC(C(=O)Cc2ccccc2)C1. The van der Waals surface area contributed by atoms with E-state index in [4.69, 9.17) is 4.74 Å². The smallest absolute Gasteiger partial charge is 0.410 e. The van der Waals surface area contributed by atoms with E-state index in [9.17, 15) is 9.59 Å². The van der Waals surface area contributed by atoms with Gasteiger partial charge in [-0.2, -0.15) is 0 Å². The van der Waals surface area contributed by atoms with Crippen molar-refractivity contribution in [3.8, 4) is 0 Å². The second kappa shape index (κ2) is 6.29. The van der Waals surface area contributed by atoms with Crippen LogP contribution in [-0.4, -0.2) is 35.5 Å². The third kappa shape index (κ3) is 4.59. The van der Waals surface area contributed by atoms with Crippen LogP contribution >= 0.6 is 0 Å². The number of amides is 1. The highest BCUT2D eigenvalue weighted by Gasteiger charge is 2.33. The molecule has 1 aromatic rings. The fourth-order valence-electron chi connectivity index (χ4n) is 2.46. The Labute approximate surface area is 126 Å².